The lowest BCUT2D eigenvalue weighted by atomic mass is 9.78. The van der Waals surface area contributed by atoms with Gasteiger partial charge in [-0.3, -0.25) is 9.97 Å². The number of benzene rings is 1. The molecule has 4 aromatic rings. The summed E-state index contributed by atoms with van der Waals surface area (Å²) in [6.07, 6.45) is 9.81. The first-order valence-corrected chi connectivity index (χ1v) is 8.62. The molecule has 136 valence electrons. The summed E-state index contributed by atoms with van der Waals surface area (Å²) in [6.45, 7) is 0. The summed E-state index contributed by atoms with van der Waals surface area (Å²) >= 11 is 0. The molecule has 1 unspecified atom stereocenters. The molecule has 0 aliphatic rings. The van der Waals surface area contributed by atoms with Crippen LogP contribution in [0.4, 0.5) is 0 Å². The number of nitrogens with zero attached hydrogens (tertiary/aromatic N) is 6. The van der Waals surface area contributed by atoms with Gasteiger partial charge in [0.05, 0.1) is 17.8 Å². The molecule has 7 heteroatoms. The largest absolute Gasteiger partial charge is 0.378 e. The lowest BCUT2D eigenvalue weighted by Crippen LogP contribution is -2.39. The first-order valence-electron chi connectivity index (χ1n) is 8.62. The molecule has 0 amide bonds. The minimum absolute atomic E-state index is 0.535. The van der Waals surface area contributed by atoms with Crippen LogP contribution in [-0.4, -0.2) is 30.1 Å². The maximum absolute atomic E-state index is 12.1. The monoisotopic (exact) mass is 368 g/mol. The van der Waals surface area contributed by atoms with Crippen LogP contribution in [0.15, 0.2) is 85.7 Å². The predicted molar refractivity (Wildman–Crippen MR) is 101 cm³/mol. The second-order valence-corrected chi connectivity index (χ2v) is 6.27. The normalized spacial score (nSPS) is 12.3. The fourth-order valence-electron chi connectivity index (χ4n) is 3.34. The van der Waals surface area contributed by atoms with Gasteiger partial charge >= 0.3 is 0 Å². The lowest BCUT2D eigenvalue weighted by Gasteiger charge is -2.37. The Kier molecular flexibility index (Phi) is 4.62. The number of pyridine rings is 2. The van der Waals surface area contributed by atoms with Crippen LogP contribution in [0.5, 0.6) is 0 Å². The number of hydrogen-bond acceptors (Lipinski definition) is 6. The highest BCUT2D eigenvalue weighted by Crippen LogP contribution is 2.42. The van der Waals surface area contributed by atoms with Crippen LogP contribution in [0.1, 0.15) is 28.3 Å². The number of nitriles is 1. The van der Waals surface area contributed by atoms with Crippen LogP contribution >= 0.6 is 0 Å². The summed E-state index contributed by atoms with van der Waals surface area (Å²) in [6, 6.07) is 15.7. The highest BCUT2D eigenvalue weighted by molar-refractivity contribution is 5.41. The van der Waals surface area contributed by atoms with E-state index in [4.69, 9.17) is 5.26 Å². The van der Waals surface area contributed by atoms with E-state index in [-0.39, 0.29) is 0 Å². The summed E-state index contributed by atoms with van der Waals surface area (Å²) in [7, 11) is 0. The minimum atomic E-state index is -1.52. The van der Waals surface area contributed by atoms with Crippen molar-refractivity contribution < 1.29 is 5.11 Å². The van der Waals surface area contributed by atoms with Crippen molar-refractivity contribution >= 4 is 0 Å². The second kappa shape index (κ2) is 7.39. The van der Waals surface area contributed by atoms with Crippen molar-refractivity contribution in [3.63, 3.8) is 0 Å². The molecule has 28 heavy (non-hydrogen) atoms. The van der Waals surface area contributed by atoms with Gasteiger partial charge in [0, 0.05) is 42.1 Å². The third-order valence-corrected chi connectivity index (χ3v) is 4.66. The van der Waals surface area contributed by atoms with E-state index in [0.29, 0.717) is 16.7 Å². The van der Waals surface area contributed by atoms with Crippen molar-refractivity contribution in [1.82, 2.24) is 25.0 Å². The van der Waals surface area contributed by atoms with E-state index in [9.17, 15) is 5.11 Å². The second-order valence-electron chi connectivity index (χ2n) is 6.27. The van der Waals surface area contributed by atoms with Gasteiger partial charge in [-0.25, -0.2) is 4.68 Å². The van der Waals surface area contributed by atoms with Gasteiger partial charge in [0.2, 0.25) is 0 Å². The lowest BCUT2D eigenvalue weighted by molar-refractivity contribution is 0.0323. The number of rotatable bonds is 5. The van der Waals surface area contributed by atoms with Crippen molar-refractivity contribution in [1.29, 1.82) is 5.26 Å². The fraction of sp³-hybridized carbons (Fsp3) is 0.0952. The van der Waals surface area contributed by atoms with Gasteiger partial charge in [-0.2, -0.15) is 5.26 Å². The molecule has 0 saturated heterocycles. The molecule has 3 heterocycles. The molecule has 4 rings (SSSR count). The van der Waals surface area contributed by atoms with E-state index < -0.39 is 11.6 Å². The van der Waals surface area contributed by atoms with Gasteiger partial charge in [-0.1, -0.05) is 29.5 Å². The molecule has 0 aliphatic heterocycles. The predicted octanol–water partition coefficient (Wildman–Crippen LogP) is 2.47. The van der Waals surface area contributed by atoms with Gasteiger partial charge in [0.25, 0.3) is 0 Å². The first-order chi connectivity index (χ1) is 13.7. The molecule has 3 aromatic heterocycles. The Morgan fingerprint density at radius 1 is 0.929 bits per heavy atom. The molecule has 7 nitrogen and oxygen atoms in total. The maximum Gasteiger partial charge on any atom is 0.144 e. The molecular formula is C21H16N6O. The van der Waals surface area contributed by atoms with E-state index in [1.807, 2.05) is 24.3 Å². The zero-order valence-corrected chi connectivity index (χ0v) is 14.8. The summed E-state index contributed by atoms with van der Waals surface area (Å²) in [5, 5.41) is 29.3. The van der Waals surface area contributed by atoms with Gasteiger partial charge in [0.1, 0.15) is 11.6 Å². The summed E-state index contributed by atoms with van der Waals surface area (Å²) < 4.78 is 1.60. The molecule has 1 aromatic carbocycles. The van der Waals surface area contributed by atoms with E-state index in [2.05, 4.69) is 26.3 Å². The Hall–Kier alpha value is -3.89. The quantitative estimate of drug-likeness (QED) is 0.581. The number of hydrogen-bond donors (Lipinski definition) is 1. The van der Waals surface area contributed by atoms with E-state index >= 15 is 0 Å². The van der Waals surface area contributed by atoms with Crippen molar-refractivity contribution in [2.45, 2.75) is 11.6 Å². The van der Waals surface area contributed by atoms with E-state index in [0.717, 1.165) is 5.56 Å². The molecule has 0 fully saturated rings. The zero-order chi connectivity index (χ0) is 19.4. The average Bonchev–Trinajstić information content (AvgIpc) is 3.29. The topological polar surface area (TPSA) is 101 Å². The van der Waals surface area contributed by atoms with Crippen LogP contribution in [0.2, 0.25) is 0 Å². The van der Waals surface area contributed by atoms with Gasteiger partial charge in [-0.15, -0.1) is 5.10 Å². The van der Waals surface area contributed by atoms with E-state index in [1.165, 1.54) is 0 Å². The molecule has 0 bridgehead atoms. The Morgan fingerprint density at radius 3 is 2.04 bits per heavy atom. The zero-order valence-electron chi connectivity index (χ0n) is 14.8. The molecule has 0 aliphatic carbocycles. The van der Waals surface area contributed by atoms with Gasteiger partial charge in [-0.05, 0) is 29.8 Å². The summed E-state index contributed by atoms with van der Waals surface area (Å²) in [5.41, 5.74) is 0.956. The third-order valence-electron chi connectivity index (χ3n) is 4.66. The smallest absolute Gasteiger partial charge is 0.144 e. The molecule has 0 radical (unpaired) electrons. The van der Waals surface area contributed by atoms with Crippen LogP contribution in [-0.2, 0) is 5.60 Å². The third kappa shape index (κ3) is 3.02. The van der Waals surface area contributed by atoms with Gasteiger partial charge < -0.3 is 5.11 Å². The Morgan fingerprint density at radius 2 is 1.57 bits per heavy atom. The van der Waals surface area contributed by atoms with Crippen LogP contribution < -0.4 is 0 Å². The number of aromatic nitrogens is 5. The van der Waals surface area contributed by atoms with Crippen molar-refractivity contribution in [3.05, 3.63) is 108 Å². The number of aliphatic hydroxyl groups is 1. The summed E-state index contributed by atoms with van der Waals surface area (Å²) in [4.78, 5) is 8.38. The first kappa shape index (κ1) is 17.5. The molecule has 0 saturated carbocycles. The Labute approximate surface area is 161 Å². The van der Waals surface area contributed by atoms with Crippen molar-refractivity contribution in [2.75, 3.05) is 0 Å². The molecule has 0 spiro atoms. The van der Waals surface area contributed by atoms with Crippen molar-refractivity contribution in [3.8, 4) is 6.07 Å². The highest BCUT2D eigenvalue weighted by Gasteiger charge is 2.43. The minimum Gasteiger partial charge on any atom is -0.378 e. The van der Waals surface area contributed by atoms with Crippen LogP contribution in [0, 0.1) is 11.3 Å². The molecular weight excluding hydrogens is 352 g/mol. The van der Waals surface area contributed by atoms with E-state index in [1.54, 1.807) is 66.1 Å². The highest BCUT2D eigenvalue weighted by atomic mass is 16.3. The van der Waals surface area contributed by atoms with Crippen LogP contribution in [0.3, 0.4) is 0 Å². The Balaban J connectivity index is 1.98. The maximum atomic E-state index is 12.1. The fourth-order valence-corrected chi connectivity index (χ4v) is 3.34. The van der Waals surface area contributed by atoms with Crippen LogP contribution in [0.25, 0.3) is 0 Å². The SMILES string of the molecule is N#Cc1ccc(C(n2ccnn2)C(O)(c2cccnc2)c2cccnc2)cc1. The standard InChI is InChI=1S/C21H16N6O/c22-13-16-5-7-17(8-6-16)20(27-12-11-25-26-27)21(28,18-3-1-9-23-14-18)19-4-2-10-24-15-19/h1-12,14-15,20,28H. The Bertz CT molecular complexity index is 1030. The molecule has 1 N–H and O–H groups in total. The summed E-state index contributed by atoms with van der Waals surface area (Å²) in [5.74, 6) is 0. The van der Waals surface area contributed by atoms with Crippen molar-refractivity contribution in [2.24, 2.45) is 0 Å². The average molecular weight is 368 g/mol. The van der Waals surface area contributed by atoms with Gasteiger partial charge in [0.15, 0.2) is 0 Å². The molecule has 1 atom stereocenters.